The summed E-state index contributed by atoms with van der Waals surface area (Å²) >= 11 is 0. The van der Waals surface area contributed by atoms with Crippen molar-refractivity contribution in [2.75, 3.05) is 6.54 Å². The Bertz CT molecular complexity index is 580. The largest absolute Gasteiger partial charge is 0.312 e. The van der Waals surface area contributed by atoms with Crippen molar-refractivity contribution in [2.45, 2.75) is 32.7 Å². The van der Waals surface area contributed by atoms with Gasteiger partial charge in [-0.2, -0.15) is 0 Å². The van der Waals surface area contributed by atoms with Crippen molar-refractivity contribution in [3.05, 3.63) is 35.5 Å². The van der Waals surface area contributed by atoms with E-state index < -0.39 is 0 Å². The molecule has 1 aliphatic rings. The highest BCUT2D eigenvalue weighted by atomic mass is 15.0. The summed E-state index contributed by atoms with van der Waals surface area (Å²) in [6.07, 6.45) is 6.00. The lowest BCUT2D eigenvalue weighted by Gasteiger charge is -2.21. The van der Waals surface area contributed by atoms with Crippen LogP contribution < -0.4 is 5.32 Å². The van der Waals surface area contributed by atoms with Gasteiger partial charge in [-0.3, -0.25) is 4.98 Å². The van der Waals surface area contributed by atoms with Gasteiger partial charge < -0.3 is 5.32 Å². The van der Waals surface area contributed by atoms with Gasteiger partial charge in [0, 0.05) is 37.5 Å². The van der Waals surface area contributed by atoms with Crippen molar-refractivity contribution < 1.29 is 0 Å². The van der Waals surface area contributed by atoms with Crippen LogP contribution in [0.15, 0.2) is 18.6 Å². The number of nitrogens with one attached hydrogen (secondary N) is 1. The third-order valence-corrected chi connectivity index (χ3v) is 3.30. The molecule has 0 aromatic carbocycles. The Balaban J connectivity index is 2.14. The Morgan fingerprint density at radius 1 is 1.21 bits per heavy atom. The van der Waals surface area contributed by atoms with Crippen LogP contribution in [0.5, 0.6) is 0 Å². The van der Waals surface area contributed by atoms with E-state index in [2.05, 4.69) is 34.1 Å². The average molecular weight is 255 g/mol. The van der Waals surface area contributed by atoms with E-state index in [1.165, 1.54) is 5.56 Å². The van der Waals surface area contributed by atoms with Gasteiger partial charge in [-0.25, -0.2) is 15.0 Å². The summed E-state index contributed by atoms with van der Waals surface area (Å²) in [7, 11) is 0. The van der Waals surface area contributed by atoms with Crippen molar-refractivity contribution in [2.24, 2.45) is 0 Å². The number of fused-ring (bicyclic) bond motifs is 1. The van der Waals surface area contributed by atoms with Gasteiger partial charge in [-0.1, -0.05) is 13.8 Å². The number of nitrogens with zero attached hydrogens (tertiary/aromatic N) is 4. The zero-order chi connectivity index (χ0) is 13.2. The second kappa shape index (κ2) is 5.01. The Morgan fingerprint density at radius 2 is 2.11 bits per heavy atom. The maximum absolute atomic E-state index is 4.70. The van der Waals surface area contributed by atoms with E-state index in [1.807, 2.05) is 0 Å². The van der Waals surface area contributed by atoms with Crippen molar-refractivity contribution in [1.82, 2.24) is 25.3 Å². The summed E-state index contributed by atoms with van der Waals surface area (Å²) in [6, 6.07) is 0. The number of hydrogen-bond acceptors (Lipinski definition) is 5. The molecule has 0 amide bonds. The van der Waals surface area contributed by atoms with Crippen LogP contribution in [-0.4, -0.2) is 26.5 Å². The lowest BCUT2D eigenvalue weighted by molar-refractivity contribution is 0.609. The predicted molar refractivity (Wildman–Crippen MR) is 72.6 cm³/mol. The summed E-state index contributed by atoms with van der Waals surface area (Å²) < 4.78 is 0. The molecule has 0 atom stereocenters. The first kappa shape index (κ1) is 12.2. The Labute approximate surface area is 112 Å². The standard InChI is InChI=1S/C14H17N5/c1-9(2)13-10-7-15-4-3-11(10)18-14(19-13)12-8-16-5-6-17-12/h5-6,8-9,15H,3-4,7H2,1-2H3. The topological polar surface area (TPSA) is 63.6 Å². The fourth-order valence-corrected chi connectivity index (χ4v) is 2.38. The van der Waals surface area contributed by atoms with Gasteiger partial charge in [-0.15, -0.1) is 0 Å². The highest BCUT2D eigenvalue weighted by molar-refractivity contribution is 5.49. The van der Waals surface area contributed by atoms with E-state index in [0.717, 1.165) is 36.6 Å². The third kappa shape index (κ3) is 2.33. The van der Waals surface area contributed by atoms with Crippen LogP contribution in [0.3, 0.4) is 0 Å². The Kier molecular flexibility index (Phi) is 3.21. The lowest BCUT2D eigenvalue weighted by Crippen LogP contribution is -2.27. The fraction of sp³-hybridized carbons (Fsp3) is 0.429. The minimum atomic E-state index is 0.382. The molecule has 5 heteroatoms. The first-order valence-electron chi connectivity index (χ1n) is 6.62. The van der Waals surface area contributed by atoms with E-state index in [1.54, 1.807) is 18.6 Å². The second-order valence-electron chi connectivity index (χ2n) is 5.03. The molecule has 19 heavy (non-hydrogen) atoms. The van der Waals surface area contributed by atoms with Gasteiger partial charge in [0.15, 0.2) is 5.82 Å². The molecule has 0 saturated heterocycles. The molecule has 3 heterocycles. The van der Waals surface area contributed by atoms with Gasteiger partial charge in [-0.05, 0) is 5.92 Å². The fourth-order valence-electron chi connectivity index (χ4n) is 2.38. The van der Waals surface area contributed by atoms with Crippen LogP contribution in [0.2, 0.25) is 0 Å². The molecule has 0 saturated carbocycles. The summed E-state index contributed by atoms with van der Waals surface area (Å²) in [5.74, 6) is 1.07. The summed E-state index contributed by atoms with van der Waals surface area (Å²) in [5.41, 5.74) is 4.27. The molecule has 1 aliphatic heterocycles. The molecule has 2 aromatic rings. The van der Waals surface area contributed by atoms with E-state index in [9.17, 15) is 0 Å². The molecule has 0 spiro atoms. The molecular formula is C14H17N5. The number of rotatable bonds is 2. The van der Waals surface area contributed by atoms with Crippen molar-refractivity contribution in [3.8, 4) is 11.5 Å². The highest BCUT2D eigenvalue weighted by Crippen LogP contribution is 2.25. The molecular weight excluding hydrogens is 238 g/mol. The van der Waals surface area contributed by atoms with Crippen LogP contribution in [0, 0.1) is 0 Å². The zero-order valence-electron chi connectivity index (χ0n) is 11.2. The smallest absolute Gasteiger partial charge is 0.180 e. The SMILES string of the molecule is CC(C)c1nc(-c2cnccn2)nc2c1CNCC2. The lowest BCUT2D eigenvalue weighted by atomic mass is 9.98. The van der Waals surface area contributed by atoms with Crippen LogP contribution >= 0.6 is 0 Å². The Morgan fingerprint density at radius 3 is 2.84 bits per heavy atom. The van der Waals surface area contributed by atoms with Crippen LogP contribution in [0.4, 0.5) is 0 Å². The maximum atomic E-state index is 4.70. The molecule has 3 rings (SSSR count). The normalized spacial score (nSPS) is 14.5. The minimum Gasteiger partial charge on any atom is -0.312 e. The van der Waals surface area contributed by atoms with E-state index in [0.29, 0.717) is 11.7 Å². The summed E-state index contributed by atoms with van der Waals surface area (Å²) in [6.45, 7) is 6.17. The monoisotopic (exact) mass is 255 g/mol. The van der Waals surface area contributed by atoms with Gasteiger partial charge in [0.05, 0.1) is 17.6 Å². The molecule has 0 unspecified atom stereocenters. The molecule has 1 N–H and O–H groups in total. The Hall–Kier alpha value is -1.88. The second-order valence-corrected chi connectivity index (χ2v) is 5.03. The van der Waals surface area contributed by atoms with Gasteiger partial charge in [0.1, 0.15) is 5.69 Å². The maximum Gasteiger partial charge on any atom is 0.180 e. The van der Waals surface area contributed by atoms with E-state index in [-0.39, 0.29) is 0 Å². The molecule has 2 aromatic heterocycles. The van der Waals surface area contributed by atoms with Gasteiger partial charge >= 0.3 is 0 Å². The molecule has 0 radical (unpaired) electrons. The first-order valence-corrected chi connectivity index (χ1v) is 6.62. The minimum absolute atomic E-state index is 0.382. The van der Waals surface area contributed by atoms with Crippen molar-refractivity contribution in [3.63, 3.8) is 0 Å². The molecule has 0 fully saturated rings. The predicted octanol–water partition coefficient (Wildman–Crippen LogP) is 1.70. The summed E-state index contributed by atoms with van der Waals surface area (Å²) in [5, 5.41) is 3.39. The molecule has 0 aliphatic carbocycles. The van der Waals surface area contributed by atoms with Gasteiger partial charge in [0.25, 0.3) is 0 Å². The number of aromatic nitrogens is 4. The molecule has 5 nitrogen and oxygen atoms in total. The highest BCUT2D eigenvalue weighted by Gasteiger charge is 2.20. The zero-order valence-corrected chi connectivity index (χ0v) is 11.2. The molecule has 0 bridgehead atoms. The van der Waals surface area contributed by atoms with Crippen molar-refractivity contribution >= 4 is 0 Å². The molecule has 98 valence electrons. The van der Waals surface area contributed by atoms with E-state index >= 15 is 0 Å². The van der Waals surface area contributed by atoms with E-state index in [4.69, 9.17) is 4.98 Å². The van der Waals surface area contributed by atoms with Crippen LogP contribution in [0.1, 0.15) is 36.7 Å². The van der Waals surface area contributed by atoms with Gasteiger partial charge in [0.2, 0.25) is 0 Å². The van der Waals surface area contributed by atoms with Crippen molar-refractivity contribution in [1.29, 1.82) is 0 Å². The number of hydrogen-bond donors (Lipinski definition) is 1. The average Bonchev–Trinajstić information content (AvgIpc) is 2.47. The summed E-state index contributed by atoms with van der Waals surface area (Å²) in [4.78, 5) is 17.8. The third-order valence-electron chi connectivity index (χ3n) is 3.30. The quantitative estimate of drug-likeness (QED) is 0.885. The van der Waals surface area contributed by atoms with Crippen LogP contribution in [-0.2, 0) is 13.0 Å². The first-order chi connectivity index (χ1) is 9.25. The van der Waals surface area contributed by atoms with Crippen LogP contribution in [0.25, 0.3) is 11.5 Å².